The van der Waals surface area contributed by atoms with Crippen molar-refractivity contribution >= 4 is 22.5 Å². The first-order valence-corrected chi connectivity index (χ1v) is 11.4. The molecule has 0 radical (unpaired) electrons. The van der Waals surface area contributed by atoms with Crippen molar-refractivity contribution in [1.29, 1.82) is 0 Å². The minimum Gasteiger partial charge on any atom is -0.497 e. The van der Waals surface area contributed by atoms with Crippen LogP contribution in [-0.4, -0.2) is 43.2 Å². The number of carbonyl (C=O) groups is 1. The Labute approximate surface area is 208 Å². The number of benzene rings is 3. The summed E-state index contributed by atoms with van der Waals surface area (Å²) >= 11 is 0. The quantitative estimate of drug-likeness (QED) is 0.238. The molecule has 9 nitrogen and oxygen atoms in total. The van der Waals surface area contributed by atoms with Crippen molar-refractivity contribution in [1.82, 2.24) is 10.3 Å². The van der Waals surface area contributed by atoms with Crippen LogP contribution < -0.4 is 19.5 Å². The highest BCUT2D eigenvalue weighted by Crippen LogP contribution is 2.35. The van der Waals surface area contributed by atoms with Crippen molar-refractivity contribution in [2.45, 2.75) is 12.8 Å². The van der Waals surface area contributed by atoms with Gasteiger partial charge in [-0.05, 0) is 36.2 Å². The summed E-state index contributed by atoms with van der Waals surface area (Å²) in [6, 6.07) is 18.1. The van der Waals surface area contributed by atoms with E-state index in [2.05, 4.69) is 10.3 Å². The minimum absolute atomic E-state index is 0.104. The molecule has 2 N–H and O–H groups in total. The monoisotopic (exact) mass is 489 g/mol. The number of amides is 1. The molecule has 1 atom stereocenters. The fourth-order valence-electron chi connectivity index (χ4n) is 4.23. The number of ether oxygens (including phenoxy) is 3. The lowest BCUT2D eigenvalue weighted by Gasteiger charge is -2.19. The fraction of sp³-hybridized carbons (Fsp3) is 0.222. The maximum Gasteiger partial charge on any atom is 0.286 e. The highest BCUT2D eigenvalue weighted by Gasteiger charge is 2.26. The molecule has 36 heavy (non-hydrogen) atoms. The van der Waals surface area contributed by atoms with Crippen LogP contribution >= 0.6 is 0 Å². The number of hydrogen-bond donors (Lipinski definition) is 2. The third-order valence-corrected chi connectivity index (χ3v) is 6.00. The largest absolute Gasteiger partial charge is 0.497 e. The second-order valence-corrected chi connectivity index (χ2v) is 8.04. The van der Waals surface area contributed by atoms with Gasteiger partial charge < -0.3 is 24.5 Å². The van der Waals surface area contributed by atoms with Crippen molar-refractivity contribution in [3.63, 3.8) is 0 Å². The van der Waals surface area contributed by atoms with Crippen molar-refractivity contribution in [3.8, 4) is 17.2 Å². The zero-order valence-corrected chi connectivity index (χ0v) is 20.2. The molecule has 1 unspecified atom stereocenters. The van der Waals surface area contributed by atoms with E-state index in [4.69, 9.17) is 14.2 Å². The molecule has 3 aromatic carbocycles. The number of nitrogens with zero attached hydrogens (tertiary/aromatic N) is 1. The lowest BCUT2D eigenvalue weighted by molar-refractivity contribution is -0.385. The molecule has 1 heterocycles. The van der Waals surface area contributed by atoms with E-state index in [0.717, 1.165) is 27.8 Å². The molecule has 0 aliphatic rings. The van der Waals surface area contributed by atoms with Gasteiger partial charge in [0.2, 0.25) is 0 Å². The van der Waals surface area contributed by atoms with Crippen molar-refractivity contribution in [2.75, 3.05) is 27.4 Å². The van der Waals surface area contributed by atoms with E-state index >= 15 is 0 Å². The maximum atomic E-state index is 13.2. The smallest absolute Gasteiger partial charge is 0.286 e. The molecule has 4 aromatic rings. The summed E-state index contributed by atoms with van der Waals surface area (Å²) in [4.78, 5) is 27.7. The van der Waals surface area contributed by atoms with Crippen LogP contribution in [0.4, 0.5) is 5.69 Å². The summed E-state index contributed by atoms with van der Waals surface area (Å²) in [5.74, 6) is 0.368. The summed E-state index contributed by atoms with van der Waals surface area (Å²) in [5, 5.41) is 15.7. The standard InChI is InChI=1S/C27H27N3O6/c1-4-36-26-14-24(30(32)33)20(13-25(26)35-3)27(31)29-15-21(17-9-11-18(34-2)12-10-17)22-16-28-23-8-6-5-7-19(22)23/h5-14,16,21,28H,4,15H2,1-3H3,(H,29,31). The molecule has 4 rings (SSSR count). The third-order valence-electron chi connectivity index (χ3n) is 6.00. The Morgan fingerprint density at radius 2 is 1.81 bits per heavy atom. The Morgan fingerprint density at radius 3 is 2.47 bits per heavy atom. The molecule has 1 amide bonds. The van der Waals surface area contributed by atoms with Gasteiger partial charge in [-0.3, -0.25) is 14.9 Å². The number of nitrogens with one attached hydrogen (secondary N) is 2. The first-order valence-electron chi connectivity index (χ1n) is 11.4. The average molecular weight is 490 g/mol. The Kier molecular flexibility index (Phi) is 7.39. The lowest BCUT2D eigenvalue weighted by Crippen LogP contribution is -2.29. The normalized spacial score (nSPS) is 11.6. The second kappa shape index (κ2) is 10.8. The Morgan fingerprint density at radius 1 is 1.06 bits per heavy atom. The van der Waals surface area contributed by atoms with E-state index < -0.39 is 10.8 Å². The molecule has 0 fully saturated rings. The average Bonchev–Trinajstić information content (AvgIpc) is 3.33. The van der Waals surface area contributed by atoms with E-state index in [0.29, 0.717) is 6.61 Å². The van der Waals surface area contributed by atoms with E-state index in [1.54, 1.807) is 14.0 Å². The molecule has 1 aromatic heterocycles. The maximum absolute atomic E-state index is 13.2. The van der Waals surface area contributed by atoms with E-state index in [-0.39, 0.29) is 35.2 Å². The van der Waals surface area contributed by atoms with Crippen LogP contribution in [0.15, 0.2) is 66.9 Å². The Hall–Kier alpha value is -4.53. The molecule has 0 aliphatic carbocycles. The van der Waals surface area contributed by atoms with Crippen LogP contribution in [-0.2, 0) is 0 Å². The molecule has 0 aliphatic heterocycles. The molecule has 0 spiro atoms. The third kappa shape index (κ3) is 4.95. The van der Waals surface area contributed by atoms with Gasteiger partial charge in [-0.2, -0.15) is 0 Å². The number of fused-ring (bicyclic) bond motifs is 1. The fourth-order valence-corrected chi connectivity index (χ4v) is 4.23. The van der Waals surface area contributed by atoms with Gasteiger partial charge in [0, 0.05) is 35.6 Å². The molecule has 0 saturated heterocycles. The number of methoxy groups -OCH3 is 2. The molecular formula is C27H27N3O6. The number of nitro benzene ring substituents is 1. The summed E-state index contributed by atoms with van der Waals surface area (Å²) in [5.41, 5.74) is 2.47. The SMILES string of the molecule is CCOc1cc([N+](=O)[O-])c(C(=O)NCC(c2ccc(OC)cc2)c2c[nH]c3ccccc23)cc1OC. The predicted molar refractivity (Wildman–Crippen MR) is 136 cm³/mol. The van der Waals surface area contributed by atoms with Gasteiger partial charge in [-0.1, -0.05) is 30.3 Å². The highest BCUT2D eigenvalue weighted by atomic mass is 16.6. The van der Waals surface area contributed by atoms with Crippen LogP contribution in [0.2, 0.25) is 0 Å². The first kappa shape index (κ1) is 24.6. The van der Waals surface area contributed by atoms with Crippen molar-refractivity contribution < 1.29 is 23.9 Å². The minimum atomic E-state index is -0.600. The number of carbonyl (C=O) groups excluding carboxylic acids is 1. The number of aromatic nitrogens is 1. The zero-order chi connectivity index (χ0) is 25.7. The molecule has 0 bridgehead atoms. The summed E-state index contributed by atoms with van der Waals surface area (Å²) in [6.45, 7) is 2.27. The summed E-state index contributed by atoms with van der Waals surface area (Å²) < 4.78 is 16.0. The van der Waals surface area contributed by atoms with Crippen LogP contribution in [0, 0.1) is 10.1 Å². The van der Waals surface area contributed by atoms with Gasteiger partial charge in [0.15, 0.2) is 11.5 Å². The Balaban J connectivity index is 1.68. The number of para-hydroxylation sites is 1. The van der Waals surface area contributed by atoms with Crippen LogP contribution in [0.5, 0.6) is 17.2 Å². The van der Waals surface area contributed by atoms with Gasteiger partial charge in [-0.15, -0.1) is 0 Å². The lowest BCUT2D eigenvalue weighted by atomic mass is 9.90. The molecular weight excluding hydrogens is 462 g/mol. The summed E-state index contributed by atoms with van der Waals surface area (Å²) in [6.07, 6.45) is 1.92. The number of H-pyrrole nitrogens is 1. The second-order valence-electron chi connectivity index (χ2n) is 8.04. The molecule has 0 saturated carbocycles. The molecule has 9 heteroatoms. The van der Waals surface area contributed by atoms with Crippen LogP contribution in [0.3, 0.4) is 0 Å². The van der Waals surface area contributed by atoms with Crippen molar-refractivity contribution in [3.05, 3.63) is 93.7 Å². The van der Waals surface area contributed by atoms with Crippen LogP contribution in [0.25, 0.3) is 10.9 Å². The van der Waals surface area contributed by atoms with Gasteiger partial charge >= 0.3 is 0 Å². The highest BCUT2D eigenvalue weighted by molar-refractivity contribution is 5.99. The number of aromatic amines is 1. The molecule has 186 valence electrons. The zero-order valence-electron chi connectivity index (χ0n) is 20.2. The number of rotatable bonds is 10. The van der Waals surface area contributed by atoms with E-state index in [9.17, 15) is 14.9 Å². The van der Waals surface area contributed by atoms with Crippen LogP contribution in [0.1, 0.15) is 34.3 Å². The Bertz CT molecular complexity index is 1380. The van der Waals surface area contributed by atoms with E-state index in [1.807, 2.05) is 54.7 Å². The topological polar surface area (TPSA) is 116 Å². The van der Waals surface area contributed by atoms with E-state index in [1.165, 1.54) is 19.2 Å². The number of hydrogen-bond acceptors (Lipinski definition) is 6. The van der Waals surface area contributed by atoms with Gasteiger partial charge in [-0.25, -0.2) is 0 Å². The number of nitro groups is 1. The van der Waals surface area contributed by atoms with Gasteiger partial charge in [0.05, 0.1) is 31.8 Å². The van der Waals surface area contributed by atoms with Gasteiger partial charge in [0.25, 0.3) is 11.6 Å². The first-order chi connectivity index (χ1) is 17.5. The van der Waals surface area contributed by atoms with Crippen molar-refractivity contribution in [2.24, 2.45) is 0 Å². The predicted octanol–water partition coefficient (Wildman–Crippen LogP) is 5.05. The van der Waals surface area contributed by atoms with Gasteiger partial charge in [0.1, 0.15) is 11.3 Å². The summed E-state index contributed by atoms with van der Waals surface area (Å²) in [7, 11) is 3.02.